The summed E-state index contributed by atoms with van der Waals surface area (Å²) in [5.41, 5.74) is -3.01. The fourth-order valence-corrected chi connectivity index (χ4v) is 3.90. The summed E-state index contributed by atoms with van der Waals surface area (Å²) in [7, 11) is 0. The van der Waals surface area contributed by atoms with Crippen molar-refractivity contribution in [2.45, 2.75) is 38.2 Å². The predicted octanol–water partition coefficient (Wildman–Crippen LogP) is 4.21. The predicted molar refractivity (Wildman–Crippen MR) is 107 cm³/mol. The van der Waals surface area contributed by atoms with Crippen LogP contribution in [0.15, 0.2) is 42.7 Å². The van der Waals surface area contributed by atoms with Gasteiger partial charge >= 0.3 is 6.18 Å². The second kappa shape index (κ2) is 7.91. The fraction of sp³-hybridized carbons (Fsp3) is 0.318. The summed E-state index contributed by atoms with van der Waals surface area (Å²) in [6, 6.07) is 5.51. The van der Waals surface area contributed by atoms with Gasteiger partial charge in [-0.15, -0.1) is 0 Å². The van der Waals surface area contributed by atoms with Gasteiger partial charge in [-0.1, -0.05) is 0 Å². The van der Waals surface area contributed by atoms with Crippen LogP contribution >= 0.6 is 0 Å². The first-order valence-corrected chi connectivity index (χ1v) is 9.97. The second-order valence-electron chi connectivity index (χ2n) is 8.08. The largest absolute Gasteiger partial charge is 0.424 e. The molecule has 2 aromatic heterocycles. The molecule has 6 nitrogen and oxygen atoms in total. The van der Waals surface area contributed by atoms with Gasteiger partial charge in [-0.05, 0) is 44.2 Å². The summed E-state index contributed by atoms with van der Waals surface area (Å²) in [5.74, 6) is -2.64. The third kappa shape index (κ3) is 3.86. The molecule has 11 heteroatoms. The summed E-state index contributed by atoms with van der Waals surface area (Å²) in [6.07, 6.45) is -2.53. The smallest absolute Gasteiger partial charge is 0.374 e. The average Bonchev–Trinajstić information content (AvgIpc) is 3.19. The molecule has 33 heavy (non-hydrogen) atoms. The van der Waals surface area contributed by atoms with Gasteiger partial charge < -0.3 is 14.6 Å². The Bertz CT molecular complexity index is 1200. The Morgan fingerprint density at radius 1 is 1.12 bits per heavy atom. The van der Waals surface area contributed by atoms with Crippen LogP contribution in [-0.4, -0.2) is 43.2 Å². The lowest BCUT2D eigenvalue weighted by Crippen LogP contribution is -2.45. The molecule has 3 aromatic rings. The number of benzene rings is 1. The number of fused-ring (bicyclic) bond motifs is 1. The van der Waals surface area contributed by atoms with Gasteiger partial charge in [0.15, 0.2) is 11.6 Å². The van der Waals surface area contributed by atoms with Gasteiger partial charge in [0.2, 0.25) is 5.60 Å². The van der Waals surface area contributed by atoms with Gasteiger partial charge in [-0.3, -0.25) is 9.78 Å². The van der Waals surface area contributed by atoms with Crippen molar-refractivity contribution >= 4 is 5.91 Å². The van der Waals surface area contributed by atoms with Gasteiger partial charge in [0, 0.05) is 18.3 Å². The molecule has 4 rings (SSSR count). The number of nitrogens with zero attached hydrogens (tertiary/aromatic N) is 4. The van der Waals surface area contributed by atoms with Crippen LogP contribution in [0.2, 0.25) is 0 Å². The van der Waals surface area contributed by atoms with E-state index >= 15 is 4.39 Å². The maximum absolute atomic E-state index is 15.2. The van der Waals surface area contributed by atoms with Crippen molar-refractivity contribution < 1.29 is 31.9 Å². The molecular formula is C22H19F5N4O2. The average molecular weight is 466 g/mol. The Labute approximate surface area is 185 Å². The number of imidazole rings is 1. The van der Waals surface area contributed by atoms with Crippen molar-refractivity contribution in [2.75, 3.05) is 6.54 Å². The lowest BCUT2D eigenvalue weighted by molar-refractivity contribution is -0.263. The highest BCUT2D eigenvalue weighted by molar-refractivity contribution is 5.95. The number of rotatable bonds is 3. The lowest BCUT2D eigenvalue weighted by Gasteiger charge is -2.36. The quantitative estimate of drug-likeness (QED) is 0.587. The molecule has 0 fully saturated rings. The zero-order valence-corrected chi connectivity index (χ0v) is 17.6. The molecule has 0 radical (unpaired) electrons. The van der Waals surface area contributed by atoms with Gasteiger partial charge in [0.1, 0.15) is 11.5 Å². The van der Waals surface area contributed by atoms with E-state index in [2.05, 4.69) is 9.97 Å². The highest BCUT2D eigenvalue weighted by atomic mass is 19.4. The minimum atomic E-state index is -4.95. The molecule has 1 unspecified atom stereocenters. The Morgan fingerprint density at radius 3 is 2.42 bits per heavy atom. The van der Waals surface area contributed by atoms with E-state index in [0.717, 1.165) is 12.1 Å². The molecule has 1 N–H and O–H groups in total. The van der Waals surface area contributed by atoms with Crippen LogP contribution in [0.4, 0.5) is 22.0 Å². The van der Waals surface area contributed by atoms with Crippen molar-refractivity contribution in [1.29, 1.82) is 0 Å². The molecule has 1 aliphatic rings. The van der Waals surface area contributed by atoms with E-state index < -0.39 is 41.2 Å². The second-order valence-corrected chi connectivity index (χ2v) is 8.08. The van der Waals surface area contributed by atoms with E-state index in [1.54, 1.807) is 6.92 Å². The van der Waals surface area contributed by atoms with Crippen LogP contribution in [0.3, 0.4) is 0 Å². The molecule has 2 atom stereocenters. The first-order valence-electron chi connectivity index (χ1n) is 9.97. The van der Waals surface area contributed by atoms with E-state index in [1.165, 1.54) is 40.1 Å². The molecule has 1 aliphatic heterocycles. The van der Waals surface area contributed by atoms with E-state index in [1.807, 2.05) is 0 Å². The zero-order chi connectivity index (χ0) is 24.1. The van der Waals surface area contributed by atoms with E-state index in [9.17, 15) is 27.5 Å². The van der Waals surface area contributed by atoms with Gasteiger partial charge in [0.05, 0.1) is 30.0 Å². The van der Waals surface area contributed by atoms with Crippen molar-refractivity contribution in [2.24, 2.45) is 0 Å². The Hall–Kier alpha value is -3.34. The van der Waals surface area contributed by atoms with Crippen molar-refractivity contribution in [3.63, 3.8) is 0 Å². The molecule has 0 bridgehead atoms. The van der Waals surface area contributed by atoms with E-state index in [4.69, 9.17) is 0 Å². The van der Waals surface area contributed by atoms with Crippen LogP contribution in [0.1, 0.15) is 41.8 Å². The normalized spacial score (nSPS) is 18.1. The van der Waals surface area contributed by atoms with Crippen LogP contribution < -0.4 is 0 Å². The molecule has 0 saturated carbocycles. The number of pyridine rings is 1. The summed E-state index contributed by atoms with van der Waals surface area (Å²) < 4.78 is 69.6. The molecular weight excluding hydrogens is 447 g/mol. The summed E-state index contributed by atoms with van der Waals surface area (Å²) in [5, 5.41) is 10.1. The van der Waals surface area contributed by atoms with Crippen LogP contribution in [0.5, 0.6) is 0 Å². The molecule has 1 aromatic carbocycles. The fourth-order valence-electron chi connectivity index (χ4n) is 3.90. The maximum atomic E-state index is 15.2. The van der Waals surface area contributed by atoms with Crippen LogP contribution in [-0.2, 0) is 12.1 Å². The molecule has 174 valence electrons. The summed E-state index contributed by atoms with van der Waals surface area (Å²) >= 11 is 0. The van der Waals surface area contributed by atoms with Crippen molar-refractivity contribution in [1.82, 2.24) is 19.4 Å². The number of hydrogen-bond acceptors (Lipinski definition) is 4. The maximum Gasteiger partial charge on any atom is 0.424 e. The Morgan fingerprint density at radius 2 is 1.79 bits per heavy atom. The number of aromatic nitrogens is 3. The lowest BCUT2D eigenvalue weighted by atomic mass is 10.0. The van der Waals surface area contributed by atoms with E-state index in [-0.39, 0.29) is 35.6 Å². The number of halogens is 5. The Balaban J connectivity index is 1.65. The number of hydrogen-bond donors (Lipinski definition) is 1. The standard InChI is InChI=1S/C22H19F5N4O2/c1-12-10-30(11-15-9-29-20(31(12)15)21(2,33)22(25,26)27)19(32)16-7-8-28-18(17(16)24)13-3-5-14(23)6-4-13/h3-9,12,33H,10-11H2,1-2H3/t12-,21?/m0/s1. The number of amides is 1. The monoisotopic (exact) mass is 466 g/mol. The highest BCUT2D eigenvalue weighted by Crippen LogP contribution is 2.40. The minimum Gasteiger partial charge on any atom is -0.374 e. The topological polar surface area (TPSA) is 71.2 Å². The van der Waals surface area contributed by atoms with Gasteiger partial charge in [0.25, 0.3) is 5.91 Å². The SMILES string of the molecule is C[C@H]1CN(C(=O)c2ccnc(-c3ccc(F)cc3)c2F)Cc2cnc(C(C)(O)C(F)(F)F)n21. The van der Waals surface area contributed by atoms with Crippen LogP contribution in [0, 0.1) is 11.6 Å². The zero-order valence-electron chi connectivity index (χ0n) is 17.6. The molecule has 0 aliphatic carbocycles. The number of aliphatic hydroxyl groups is 1. The molecule has 0 saturated heterocycles. The number of alkyl halides is 3. The first-order chi connectivity index (χ1) is 15.4. The van der Waals surface area contributed by atoms with Crippen LogP contribution in [0.25, 0.3) is 11.3 Å². The molecule has 0 spiro atoms. The number of carbonyl (C=O) groups excluding carboxylic acids is 1. The minimum absolute atomic E-state index is 0.0310. The highest BCUT2D eigenvalue weighted by Gasteiger charge is 2.55. The Kier molecular flexibility index (Phi) is 5.47. The van der Waals surface area contributed by atoms with Crippen molar-refractivity contribution in [3.05, 3.63) is 71.4 Å². The summed E-state index contributed by atoms with van der Waals surface area (Å²) in [6.45, 7) is 2.04. The van der Waals surface area contributed by atoms with E-state index in [0.29, 0.717) is 6.92 Å². The van der Waals surface area contributed by atoms with Gasteiger partial charge in [-0.25, -0.2) is 13.8 Å². The first kappa shape index (κ1) is 22.8. The van der Waals surface area contributed by atoms with Crippen molar-refractivity contribution in [3.8, 4) is 11.3 Å². The molecule has 3 heterocycles. The number of carbonyl (C=O) groups is 1. The third-order valence-corrected chi connectivity index (χ3v) is 5.66. The summed E-state index contributed by atoms with van der Waals surface area (Å²) in [4.78, 5) is 22.1. The van der Waals surface area contributed by atoms with Gasteiger partial charge in [-0.2, -0.15) is 13.2 Å². The molecule has 1 amide bonds. The third-order valence-electron chi connectivity index (χ3n) is 5.66.